The summed E-state index contributed by atoms with van der Waals surface area (Å²) in [6.45, 7) is 2.24. The molecule has 27 heavy (non-hydrogen) atoms. The number of halogens is 3. The van der Waals surface area contributed by atoms with E-state index in [9.17, 15) is 22.8 Å². The molecule has 0 radical (unpaired) electrons. The lowest BCUT2D eigenvalue weighted by Gasteiger charge is -2.14. The minimum absolute atomic E-state index is 0.0393. The number of ether oxygens (including phenoxy) is 1. The van der Waals surface area contributed by atoms with Gasteiger partial charge in [-0.2, -0.15) is 13.2 Å². The normalized spacial score (nSPS) is 17.0. The van der Waals surface area contributed by atoms with Crippen molar-refractivity contribution in [2.45, 2.75) is 25.6 Å². The van der Waals surface area contributed by atoms with E-state index < -0.39 is 23.6 Å². The van der Waals surface area contributed by atoms with Crippen molar-refractivity contribution >= 4 is 23.2 Å². The Morgan fingerprint density at radius 2 is 2.04 bits per heavy atom. The predicted molar refractivity (Wildman–Crippen MR) is 88.2 cm³/mol. The second-order valence-electron chi connectivity index (χ2n) is 5.99. The maximum Gasteiger partial charge on any atom is 0.416 e. The van der Waals surface area contributed by atoms with Crippen LogP contribution >= 0.6 is 0 Å². The summed E-state index contributed by atoms with van der Waals surface area (Å²) in [7, 11) is 0. The molecular weight excluding hydrogens is 367 g/mol. The van der Waals surface area contributed by atoms with E-state index in [-0.39, 0.29) is 23.1 Å². The molecule has 1 aromatic heterocycles. The van der Waals surface area contributed by atoms with Crippen LogP contribution in [-0.4, -0.2) is 40.0 Å². The number of rotatable bonds is 4. The molecule has 1 fully saturated rings. The SMILES string of the molecule is CC(=O)Nc1ccc(C(F)(F)F)cc1NC(=O)c1cn([C@H]2CCOC2)nn1. The summed E-state index contributed by atoms with van der Waals surface area (Å²) in [6, 6.07) is 2.60. The zero-order valence-electron chi connectivity index (χ0n) is 14.2. The Hall–Kier alpha value is -2.95. The molecule has 1 aliphatic rings. The molecule has 1 atom stereocenters. The molecule has 144 valence electrons. The zero-order chi connectivity index (χ0) is 19.6. The lowest BCUT2D eigenvalue weighted by Crippen LogP contribution is -2.17. The first kappa shape index (κ1) is 18.8. The van der Waals surface area contributed by atoms with Crippen LogP contribution in [0.15, 0.2) is 24.4 Å². The molecule has 0 spiro atoms. The fraction of sp³-hybridized carbons (Fsp3) is 0.375. The van der Waals surface area contributed by atoms with Crippen LogP contribution in [0, 0.1) is 0 Å². The molecule has 1 aliphatic heterocycles. The van der Waals surface area contributed by atoms with E-state index in [0.717, 1.165) is 24.6 Å². The minimum atomic E-state index is -4.60. The van der Waals surface area contributed by atoms with Crippen molar-refractivity contribution in [2.24, 2.45) is 0 Å². The van der Waals surface area contributed by atoms with Crippen LogP contribution in [0.25, 0.3) is 0 Å². The molecule has 2 aromatic rings. The summed E-state index contributed by atoms with van der Waals surface area (Å²) < 4.78 is 45.6. The van der Waals surface area contributed by atoms with E-state index >= 15 is 0 Å². The molecule has 0 saturated carbocycles. The Balaban J connectivity index is 1.84. The topological polar surface area (TPSA) is 98.1 Å². The Kier molecular flexibility index (Phi) is 5.13. The van der Waals surface area contributed by atoms with Gasteiger partial charge in [0.15, 0.2) is 5.69 Å². The second kappa shape index (κ2) is 7.35. The van der Waals surface area contributed by atoms with Crippen LogP contribution in [0.3, 0.4) is 0 Å². The van der Waals surface area contributed by atoms with Gasteiger partial charge in [0.25, 0.3) is 5.91 Å². The van der Waals surface area contributed by atoms with E-state index in [2.05, 4.69) is 20.9 Å². The van der Waals surface area contributed by atoms with Gasteiger partial charge in [-0.05, 0) is 24.6 Å². The van der Waals surface area contributed by atoms with Gasteiger partial charge in [-0.1, -0.05) is 5.21 Å². The van der Waals surface area contributed by atoms with E-state index in [1.165, 1.54) is 17.8 Å². The maximum atomic E-state index is 13.0. The fourth-order valence-corrected chi connectivity index (χ4v) is 2.60. The quantitative estimate of drug-likeness (QED) is 0.845. The summed E-state index contributed by atoms with van der Waals surface area (Å²) in [4.78, 5) is 23.7. The summed E-state index contributed by atoms with van der Waals surface area (Å²) in [5, 5.41) is 12.3. The maximum absolute atomic E-state index is 13.0. The number of hydrogen-bond acceptors (Lipinski definition) is 5. The number of nitrogens with zero attached hydrogens (tertiary/aromatic N) is 3. The second-order valence-corrected chi connectivity index (χ2v) is 5.99. The molecule has 2 heterocycles. The van der Waals surface area contributed by atoms with E-state index in [0.29, 0.717) is 13.2 Å². The largest absolute Gasteiger partial charge is 0.416 e. The lowest BCUT2D eigenvalue weighted by atomic mass is 10.1. The summed E-state index contributed by atoms with van der Waals surface area (Å²) in [6.07, 6.45) is -2.47. The average molecular weight is 383 g/mol. The number of aromatic nitrogens is 3. The van der Waals surface area contributed by atoms with Crippen molar-refractivity contribution in [2.75, 3.05) is 23.8 Å². The van der Waals surface area contributed by atoms with Crippen molar-refractivity contribution in [3.63, 3.8) is 0 Å². The highest BCUT2D eigenvalue weighted by Crippen LogP contribution is 2.34. The van der Waals surface area contributed by atoms with Crippen molar-refractivity contribution < 1.29 is 27.5 Å². The van der Waals surface area contributed by atoms with Crippen LogP contribution in [0.5, 0.6) is 0 Å². The third kappa shape index (κ3) is 4.42. The third-order valence-electron chi connectivity index (χ3n) is 3.93. The van der Waals surface area contributed by atoms with E-state index in [4.69, 9.17) is 4.74 Å². The predicted octanol–water partition coefficient (Wildman–Crippen LogP) is 2.47. The first-order chi connectivity index (χ1) is 12.7. The highest BCUT2D eigenvalue weighted by Gasteiger charge is 2.31. The summed E-state index contributed by atoms with van der Waals surface area (Å²) >= 11 is 0. The molecule has 1 saturated heterocycles. The fourth-order valence-electron chi connectivity index (χ4n) is 2.60. The van der Waals surface area contributed by atoms with Gasteiger partial charge in [-0.25, -0.2) is 4.68 Å². The molecule has 2 N–H and O–H groups in total. The molecule has 0 unspecified atom stereocenters. The number of benzene rings is 1. The Labute approximate surface area is 151 Å². The Bertz CT molecular complexity index is 859. The lowest BCUT2D eigenvalue weighted by molar-refractivity contribution is -0.137. The van der Waals surface area contributed by atoms with Gasteiger partial charge in [-0.15, -0.1) is 5.10 Å². The van der Waals surface area contributed by atoms with Crippen LogP contribution in [0.4, 0.5) is 24.5 Å². The first-order valence-electron chi connectivity index (χ1n) is 8.04. The van der Waals surface area contributed by atoms with Gasteiger partial charge >= 0.3 is 6.18 Å². The van der Waals surface area contributed by atoms with Crippen molar-refractivity contribution in [3.05, 3.63) is 35.7 Å². The number of carbonyl (C=O) groups is 2. The average Bonchev–Trinajstić information content (AvgIpc) is 3.26. The van der Waals surface area contributed by atoms with Gasteiger partial charge in [-0.3, -0.25) is 9.59 Å². The number of hydrogen-bond donors (Lipinski definition) is 2. The number of alkyl halides is 3. The zero-order valence-corrected chi connectivity index (χ0v) is 14.2. The van der Waals surface area contributed by atoms with E-state index in [1.54, 1.807) is 0 Å². The van der Waals surface area contributed by atoms with Crippen LogP contribution in [0.1, 0.15) is 35.4 Å². The minimum Gasteiger partial charge on any atom is -0.379 e. The van der Waals surface area contributed by atoms with Gasteiger partial charge in [0, 0.05) is 13.5 Å². The van der Waals surface area contributed by atoms with E-state index in [1.807, 2.05) is 0 Å². The standard InChI is InChI=1S/C16H16F3N5O3/c1-9(25)20-12-3-2-10(16(17,18)19)6-13(12)21-15(26)14-7-24(23-22-14)11-4-5-27-8-11/h2-3,6-7,11H,4-5,8H2,1H3,(H,20,25)(H,21,26)/t11-/m0/s1. The monoisotopic (exact) mass is 383 g/mol. The molecule has 1 aromatic carbocycles. The van der Waals surface area contributed by atoms with Crippen molar-refractivity contribution in [3.8, 4) is 0 Å². The third-order valence-corrected chi connectivity index (χ3v) is 3.93. The number of amides is 2. The highest BCUT2D eigenvalue weighted by molar-refractivity contribution is 6.06. The van der Waals surface area contributed by atoms with Gasteiger partial charge in [0.1, 0.15) is 0 Å². The van der Waals surface area contributed by atoms with Crippen LogP contribution < -0.4 is 10.6 Å². The van der Waals surface area contributed by atoms with Crippen LogP contribution in [0.2, 0.25) is 0 Å². The number of carbonyl (C=O) groups excluding carboxylic acids is 2. The summed E-state index contributed by atoms with van der Waals surface area (Å²) in [5.74, 6) is -1.23. The highest BCUT2D eigenvalue weighted by atomic mass is 19.4. The molecule has 3 rings (SSSR count). The first-order valence-corrected chi connectivity index (χ1v) is 8.04. The summed E-state index contributed by atoms with van der Waals surface area (Å²) in [5.41, 5.74) is -1.17. The van der Waals surface area contributed by atoms with Crippen molar-refractivity contribution in [1.82, 2.24) is 15.0 Å². The number of nitrogens with one attached hydrogen (secondary N) is 2. The molecule has 11 heteroatoms. The van der Waals surface area contributed by atoms with Crippen LogP contribution in [-0.2, 0) is 15.7 Å². The molecule has 0 aliphatic carbocycles. The molecule has 2 amide bonds. The van der Waals surface area contributed by atoms with Gasteiger partial charge < -0.3 is 15.4 Å². The van der Waals surface area contributed by atoms with Crippen molar-refractivity contribution in [1.29, 1.82) is 0 Å². The molecular formula is C16H16F3N5O3. The van der Waals surface area contributed by atoms with Gasteiger partial charge in [0.05, 0.1) is 35.8 Å². The van der Waals surface area contributed by atoms with Gasteiger partial charge in [0.2, 0.25) is 5.91 Å². The molecule has 0 bridgehead atoms. The molecule has 8 nitrogen and oxygen atoms in total. The Morgan fingerprint density at radius 3 is 2.67 bits per heavy atom. The smallest absolute Gasteiger partial charge is 0.379 e. The Morgan fingerprint density at radius 1 is 1.26 bits per heavy atom. The number of anilines is 2.